The van der Waals surface area contributed by atoms with Crippen LogP contribution in [0.15, 0.2) is 24.3 Å². The number of halogens is 1. The van der Waals surface area contributed by atoms with Crippen LogP contribution in [0, 0.1) is 0 Å². The van der Waals surface area contributed by atoms with Crippen molar-refractivity contribution in [1.82, 2.24) is 9.62 Å². The Morgan fingerprint density at radius 1 is 1.22 bits per heavy atom. The van der Waals surface area contributed by atoms with E-state index in [2.05, 4.69) is 5.32 Å². The molecule has 130 valence electrons. The summed E-state index contributed by atoms with van der Waals surface area (Å²) in [5.74, 6) is 1.44. The Morgan fingerprint density at radius 2 is 1.83 bits per heavy atom. The van der Waals surface area contributed by atoms with E-state index in [0.29, 0.717) is 18.8 Å². The fraction of sp³-hybridized carbons (Fsp3) is 0.500. The number of nitrogens with zero attached hydrogens (tertiary/aromatic N) is 1. The molecular weight excluding hydrogens is 358 g/mol. The van der Waals surface area contributed by atoms with Gasteiger partial charge in [-0.3, -0.25) is 4.79 Å². The predicted octanol–water partition coefficient (Wildman–Crippen LogP) is 0.728. The highest BCUT2D eigenvalue weighted by Gasteiger charge is 2.23. The standard InChI is InChI=1S/C14H21N3O3S2.ClH/c15-13-3-1-12(2-4-13)11-14(18)16-5-10-22(19,20)17-6-8-21-9-7-17;/h1-4H,5-11,15H2,(H,16,18);1H. The van der Waals surface area contributed by atoms with Crippen LogP contribution in [-0.4, -0.2) is 55.5 Å². The SMILES string of the molecule is Cl.Nc1ccc(CC(=O)NCCS(=O)(=O)N2CCSCC2)cc1. The smallest absolute Gasteiger partial charge is 0.224 e. The van der Waals surface area contributed by atoms with Crippen LogP contribution in [0.25, 0.3) is 0 Å². The topological polar surface area (TPSA) is 92.5 Å². The van der Waals surface area contributed by atoms with E-state index in [9.17, 15) is 13.2 Å². The van der Waals surface area contributed by atoms with Crippen LogP contribution in [0.2, 0.25) is 0 Å². The molecule has 0 bridgehead atoms. The van der Waals surface area contributed by atoms with Gasteiger partial charge in [-0.25, -0.2) is 12.7 Å². The number of hydrogen-bond donors (Lipinski definition) is 2. The summed E-state index contributed by atoms with van der Waals surface area (Å²) in [7, 11) is -3.27. The number of benzene rings is 1. The maximum absolute atomic E-state index is 12.1. The van der Waals surface area contributed by atoms with E-state index in [-0.39, 0.29) is 37.0 Å². The lowest BCUT2D eigenvalue weighted by Gasteiger charge is -2.25. The molecule has 1 aromatic rings. The number of nitrogens with two attached hydrogens (primary N) is 1. The van der Waals surface area contributed by atoms with Gasteiger partial charge >= 0.3 is 0 Å². The van der Waals surface area contributed by atoms with E-state index in [1.54, 1.807) is 36.0 Å². The van der Waals surface area contributed by atoms with Crippen molar-refractivity contribution in [3.05, 3.63) is 29.8 Å². The lowest BCUT2D eigenvalue weighted by molar-refractivity contribution is -0.120. The minimum atomic E-state index is -3.27. The number of hydrogen-bond acceptors (Lipinski definition) is 5. The fourth-order valence-electron chi connectivity index (χ4n) is 2.16. The highest BCUT2D eigenvalue weighted by Crippen LogP contribution is 2.13. The summed E-state index contributed by atoms with van der Waals surface area (Å²) in [6.45, 7) is 1.26. The van der Waals surface area contributed by atoms with Crippen LogP contribution in [-0.2, 0) is 21.2 Å². The van der Waals surface area contributed by atoms with Crippen LogP contribution >= 0.6 is 24.2 Å². The first-order valence-corrected chi connectivity index (χ1v) is 9.90. The number of carbonyl (C=O) groups is 1. The molecule has 0 unspecified atom stereocenters. The zero-order valence-corrected chi connectivity index (χ0v) is 15.2. The molecule has 3 N–H and O–H groups in total. The van der Waals surface area contributed by atoms with E-state index in [0.717, 1.165) is 17.1 Å². The quantitative estimate of drug-likeness (QED) is 0.711. The minimum Gasteiger partial charge on any atom is -0.399 e. The number of carbonyl (C=O) groups excluding carboxylic acids is 1. The monoisotopic (exact) mass is 379 g/mol. The Balaban J connectivity index is 0.00000264. The Hall–Kier alpha value is -0.960. The Morgan fingerprint density at radius 3 is 2.43 bits per heavy atom. The molecule has 1 saturated heterocycles. The van der Waals surface area contributed by atoms with E-state index in [4.69, 9.17) is 5.73 Å². The van der Waals surface area contributed by atoms with E-state index < -0.39 is 10.0 Å². The van der Waals surface area contributed by atoms with Gasteiger partial charge in [-0.15, -0.1) is 12.4 Å². The molecule has 0 aromatic heterocycles. The molecule has 0 atom stereocenters. The third-order valence-corrected chi connectivity index (χ3v) is 6.20. The summed E-state index contributed by atoms with van der Waals surface area (Å²) in [5, 5.41) is 2.66. The molecule has 1 heterocycles. The van der Waals surface area contributed by atoms with Crippen LogP contribution in [0.5, 0.6) is 0 Å². The van der Waals surface area contributed by atoms with Crippen molar-refractivity contribution in [2.45, 2.75) is 6.42 Å². The summed E-state index contributed by atoms with van der Waals surface area (Å²) in [6.07, 6.45) is 0.223. The summed E-state index contributed by atoms with van der Waals surface area (Å²) in [5.41, 5.74) is 7.08. The summed E-state index contributed by atoms with van der Waals surface area (Å²) in [4.78, 5) is 11.8. The first kappa shape index (κ1) is 20.1. The van der Waals surface area contributed by atoms with Crippen molar-refractivity contribution < 1.29 is 13.2 Å². The summed E-state index contributed by atoms with van der Waals surface area (Å²) in [6, 6.07) is 7.05. The molecule has 2 rings (SSSR count). The van der Waals surface area contributed by atoms with Gasteiger partial charge in [0.05, 0.1) is 12.2 Å². The number of amides is 1. The van der Waals surface area contributed by atoms with Gasteiger partial charge in [0.15, 0.2) is 0 Å². The molecule has 0 aliphatic carbocycles. The van der Waals surface area contributed by atoms with Crippen LogP contribution in [0.4, 0.5) is 5.69 Å². The third kappa shape index (κ3) is 6.58. The molecule has 0 radical (unpaired) electrons. The van der Waals surface area contributed by atoms with Gasteiger partial charge in [0, 0.05) is 36.8 Å². The van der Waals surface area contributed by atoms with Crippen LogP contribution in [0.3, 0.4) is 0 Å². The Bertz CT molecular complexity index is 602. The average molecular weight is 380 g/mol. The molecule has 23 heavy (non-hydrogen) atoms. The normalized spacial score (nSPS) is 15.7. The van der Waals surface area contributed by atoms with Crippen molar-refractivity contribution in [2.24, 2.45) is 0 Å². The van der Waals surface area contributed by atoms with Crippen LogP contribution < -0.4 is 11.1 Å². The van der Waals surface area contributed by atoms with Crippen molar-refractivity contribution >= 4 is 45.8 Å². The predicted molar refractivity (Wildman–Crippen MR) is 97.5 cm³/mol. The molecule has 1 fully saturated rings. The Labute approximate surface area is 147 Å². The number of nitrogens with one attached hydrogen (secondary N) is 1. The zero-order valence-electron chi connectivity index (χ0n) is 12.7. The van der Waals surface area contributed by atoms with Gasteiger partial charge < -0.3 is 11.1 Å². The molecule has 1 aliphatic rings. The number of nitrogen functional groups attached to an aromatic ring is 1. The number of sulfonamides is 1. The van der Waals surface area contributed by atoms with Gasteiger partial charge in [-0.2, -0.15) is 11.8 Å². The van der Waals surface area contributed by atoms with Crippen molar-refractivity contribution in [2.75, 3.05) is 42.6 Å². The van der Waals surface area contributed by atoms with E-state index >= 15 is 0 Å². The maximum Gasteiger partial charge on any atom is 0.224 e. The molecular formula is C14H22ClN3O3S2. The van der Waals surface area contributed by atoms with Gasteiger partial charge in [0.2, 0.25) is 15.9 Å². The second kappa shape index (κ2) is 9.36. The first-order chi connectivity index (χ1) is 10.5. The van der Waals surface area contributed by atoms with Gasteiger partial charge in [0.25, 0.3) is 0 Å². The number of anilines is 1. The number of thioether (sulfide) groups is 1. The molecule has 1 aliphatic heterocycles. The van der Waals surface area contributed by atoms with Crippen molar-refractivity contribution in [3.8, 4) is 0 Å². The van der Waals surface area contributed by atoms with E-state index in [1.165, 1.54) is 4.31 Å². The Kier molecular flexibility index (Phi) is 8.18. The van der Waals surface area contributed by atoms with E-state index in [1.807, 2.05) is 0 Å². The second-order valence-corrected chi connectivity index (χ2v) is 8.41. The van der Waals surface area contributed by atoms with Gasteiger partial charge in [-0.1, -0.05) is 12.1 Å². The third-order valence-electron chi connectivity index (χ3n) is 3.39. The largest absolute Gasteiger partial charge is 0.399 e. The van der Waals surface area contributed by atoms with Crippen molar-refractivity contribution in [1.29, 1.82) is 0 Å². The zero-order chi connectivity index (χ0) is 16.0. The molecule has 0 saturated carbocycles. The highest BCUT2D eigenvalue weighted by atomic mass is 35.5. The molecule has 6 nitrogen and oxygen atoms in total. The second-order valence-electron chi connectivity index (χ2n) is 5.10. The van der Waals surface area contributed by atoms with Crippen LogP contribution in [0.1, 0.15) is 5.56 Å². The molecule has 1 amide bonds. The highest BCUT2D eigenvalue weighted by molar-refractivity contribution is 7.99. The maximum atomic E-state index is 12.1. The first-order valence-electron chi connectivity index (χ1n) is 7.14. The average Bonchev–Trinajstić information content (AvgIpc) is 2.50. The molecule has 0 spiro atoms. The summed E-state index contributed by atoms with van der Waals surface area (Å²) < 4.78 is 25.7. The van der Waals surface area contributed by atoms with Gasteiger partial charge in [-0.05, 0) is 17.7 Å². The lowest BCUT2D eigenvalue weighted by atomic mass is 10.1. The summed E-state index contributed by atoms with van der Waals surface area (Å²) >= 11 is 1.76. The van der Waals surface area contributed by atoms with Crippen molar-refractivity contribution in [3.63, 3.8) is 0 Å². The molecule has 9 heteroatoms. The molecule has 1 aromatic carbocycles. The van der Waals surface area contributed by atoms with Gasteiger partial charge in [0.1, 0.15) is 0 Å². The minimum absolute atomic E-state index is 0. The fourth-order valence-corrected chi connectivity index (χ4v) is 4.65. The lowest BCUT2D eigenvalue weighted by Crippen LogP contribution is -2.42. The number of rotatable bonds is 6.